The average molecular weight is 459 g/mol. The molecule has 2 aromatic carbocycles. The van der Waals surface area contributed by atoms with Crippen molar-refractivity contribution in [2.45, 2.75) is 19.8 Å². The van der Waals surface area contributed by atoms with Gasteiger partial charge in [0.05, 0.1) is 18.7 Å². The molecule has 1 heterocycles. The van der Waals surface area contributed by atoms with E-state index in [1.54, 1.807) is 12.1 Å². The minimum absolute atomic E-state index is 0.363. The highest BCUT2D eigenvalue weighted by Crippen LogP contribution is 2.36. The van der Waals surface area contributed by atoms with Gasteiger partial charge in [0.1, 0.15) is 0 Å². The van der Waals surface area contributed by atoms with Crippen LogP contribution in [0.4, 0.5) is 11.4 Å². The molecule has 2 aromatic rings. The molecule has 3 rings (SSSR count). The SMILES string of the molecule is CCOc1cc(/C=C/C(=O)OCC(=O)Nc2ccc(N3CCCC3)cc2)cc(Cl)c1OC. The normalized spacial score (nSPS) is 13.3. The van der Waals surface area contributed by atoms with E-state index in [1.165, 1.54) is 32.1 Å². The second kappa shape index (κ2) is 11.4. The molecule has 0 atom stereocenters. The third kappa shape index (κ3) is 6.40. The summed E-state index contributed by atoms with van der Waals surface area (Å²) < 4.78 is 15.8. The zero-order valence-electron chi connectivity index (χ0n) is 18.2. The van der Waals surface area contributed by atoms with Crippen molar-refractivity contribution in [3.63, 3.8) is 0 Å². The highest BCUT2D eigenvalue weighted by molar-refractivity contribution is 6.32. The standard InChI is InChI=1S/C24H27ClN2O5/c1-3-31-21-15-17(14-20(25)24(21)30-2)6-11-23(29)32-16-22(28)26-18-7-9-19(10-8-18)27-12-4-5-13-27/h6-11,14-15H,3-5,12-13,16H2,1-2H3,(H,26,28)/b11-6+. The lowest BCUT2D eigenvalue weighted by atomic mass is 10.2. The van der Waals surface area contributed by atoms with Crippen LogP contribution in [0.1, 0.15) is 25.3 Å². The highest BCUT2D eigenvalue weighted by Gasteiger charge is 2.13. The Kier molecular flexibility index (Phi) is 8.39. The zero-order valence-corrected chi connectivity index (χ0v) is 19.0. The third-order valence-corrected chi connectivity index (χ3v) is 5.20. The summed E-state index contributed by atoms with van der Waals surface area (Å²) >= 11 is 6.20. The highest BCUT2D eigenvalue weighted by atomic mass is 35.5. The van der Waals surface area contributed by atoms with Crippen LogP contribution >= 0.6 is 11.6 Å². The molecule has 8 heteroatoms. The van der Waals surface area contributed by atoms with Crippen LogP contribution in [-0.2, 0) is 14.3 Å². The third-order valence-electron chi connectivity index (χ3n) is 4.92. The van der Waals surface area contributed by atoms with Crippen molar-refractivity contribution in [3.05, 3.63) is 53.1 Å². The van der Waals surface area contributed by atoms with E-state index in [9.17, 15) is 9.59 Å². The first kappa shape index (κ1) is 23.5. The van der Waals surface area contributed by atoms with Crippen LogP contribution in [0.5, 0.6) is 11.5 Å². The molecule has 0 bridgehead atoms. The molecule has 1 aliphatic rings. The topological polar surface area (TPSA) is 77.1 Å². The summed E-state index contributed by atoms with van der Waals surface area (Å²) in [6.45, 7) is 4.03. The smallest absolute Gasteiger partial charge is 0.331 e. The fourth-order valence-electron chi connectivity index (χ4n) is 3.42. The minimum atomic E-state index is -0.644. The number of methoxy groups -OCH3 is 1. The second-order valence-corrected chi connectivity index (χ2v) is 7.60. The molecule has 0 unspecified atom stereocenters. The number of rotatable bonds is 9. The van der Waals surface area contributed by atoms with E-state index in [2.05, 4.69) is 10.2 Å². The predicted octanol–water partition coefficient (Wildman–Crippen LogP) is 4.54. The Morgan fingerprint density at radius 1 is 1.16 bits per heavy atom. The average Bonchev–Trinajstić information content (AvgIpc) is 3.32. The number of hydrogen-bond acceptors (Lipinski definition) is 6. The molecule has 0 spiro atoms. The van der Waals surface area contributed by atoms with Gasteiger partial charge in [0.25, 0.3) is 5.91 Å². The van der Waals surface area contributed by atoms with Gasteiger partial charge in [-0.2, -0.15) is 0 Å². The fraction of sp³-hybridized carbons (Fsp3) is 0.333. The second-order valence-electron chi connectivity index (χ2n) is 7.20. The van der Waals surface area contributed by atoms with Crippen molar-refractivity contribution in [3.8, 4) is 11.5 Å². The van der Waals surface area contributed by atoms with E-state index < -0.39 is 11.9 Å². The summed E-state index contributed by atoms with van der Waals surface area (Å²) in [7, 11) is 1.50. The van der Waals surface area contributed by atoms with Crippen molar-refractivity contribution in [2.24, 2.45) is 0 Å². The Morgan fingerprint density at radius 2 is 1.88 bits per heavy atom. The van der Waals surface area contributed by atoms with Crippen LogP contribution in [0.15, 0.2) is 42.5 Å². The molecule has 1 saturated heterocycles. The quantitative estimate of drug-likeness (QED) is 0.439. The molecule has 1 N–H and O–H groups in total. The maximum Gasteiger partial charge on any atom is 0.331 e. The largest absolute Gasteiger partial charge is 0.491 e. The lowest BCUT2D eigenvalue weighted by molar-refractivity contribution is -0.142. The van der Waals surface area contributed by atoms with Gasteiger partial charge in [0, 0.05) is 30.5 Å². The van der Waals surface area contributed by atoms with Crippen LogP contribution in [-0.4, -0.2) is 45.3 Å². The number of amides is 1. The molecule has 0 aromatic heterocycles. The molecule has 1 aliphatic heterocycles. The number of halogens is 1. The number of anilines is 2. The Bertz CT molecular complexity index is 969. The lowest BCUT2D eigenvalue weighted by Gasteiger charge is -2.17. The Morgan fingerprint density at radius 3 is 2.53 bits per heavy atom. The first-order valence-corrected chi connectivity index (χ1v) is 10.9. The van der Waals surface area contributed by atoms with Gasteiger partial charge in [0.15, 0.2) is 18.1 Å². The van der Waals surface area contributed by atoms with Gasteiger partial charge in [-0.3, -0.25) is 4.79 Å². The molecule has 1 amide bonds. The van der Waals surface area contributed by atoms with Crippen molar-refractivity contribution in [1.82, 2.24) is 0 Å². The van der Waals surface area contributed by atoms with Gasteiger partial charge in [-0.1, -0.05) is 11.6 Å². The van der Waals surface area contributed by atoms with E-state index in [0.717, 1.165) is 18.8 Å². The molecular weight excluding hydrogens is 432 g/mol. The van der Waals surface area contributed by atoms with Gasteiger partial charge >= 0.3 is 5.97 Å². The maximum atomic E-state index is 12.1. The zero-order chi connectivity index (χ0) is 22.9. The van der Waals surface area contributed by atoms with Crippen LogP contribution in [0.2, 0.25) is 5.02 Å². The van der Waals surface area contributed by atoms with E-state index in [0.29, 0.717) is 34.4 Å². The Labute approximate surface area is 192 Å². The van der Waals surface area contributed by atoms with E-state index >= 15 is 0 Å². The minimum Gasteiger partial charge on any atom is -0.491 e. The molecule has 170 valence electrons. The summed E-state index contributed by atoms with van der Waals surface area (Å²) in [4.78, 5) is 26.4. The van der Waals surface area contributed by atoms with E-state index in [-0.39, 0.29) is 6.61 Å². The van der Waals surface area contributed by atoms with E-state index in [1.807, 2.05) is 31.2 Å². The fourth-order valence-corrected chi connectivity index (χ4v) is 3.72. The van der Waals surface area contributed by atoms with Gasteiger partial charge in [-0.25, -0.2) is 4.79 Å². The van der Waals surface area contributed by atoms with Gasteiger partial charge in [0.2, 0.25) is 0 Å². The molecule has 0 aliphatic carbocycles. The molecule has 32 heavy (non-hydrogen) atoms. The lowest BCUT2D eigenvalue weighted by Crippen LogP contribution is -2.20. The first-order valence-electron chi connectivity index (χ1n) is 10.5. The number of nitrogens with one attached hydrogen (secondary N) is 1. The van der Waals surface area contributed by atoms with E-state index in [4.69, 9.17) is 25.8 Å². The Balaban J connectivity index is 1.50. The van der Waals surface area contributed by atoms with Gasteiger partial charge < -0.3 is 24.4 Å². The molecule has 1 fully saturated rings. The first-order chi connectivity index (χ1) is 15.5. The molecular formula is C24H27ClN2O5. The van der Waals surface area contributed by atoms with Gasteiger partial charge in [-0.05, 0) is 67.8 Å². The summed E-state index contributed by atoms with van der Waals surface area (Å²) in [6.07, 6.45) is 5.17. The van der Waals surface area contributed by atoms with Crippen molar-refractivity contribution < 1.29 is 23.8 Å². The number of hydrogen-bond donors (Lipinski definition) is 1. The summed E-state index contributed by atoms with van der Waals surface area (Å²) in [6, 6.07) is 11.0. The molecule has 0 saturated carbocycles. The summed E-state index contributed by atoms with van der Waals surface area (Å²) in [5, 5.41) is 3.09. The number of benzene rings is 2. The summed E-state index contributed by atoms with van der Waals surface area (Å²) in [5.74, 6) is -0.148. The van der Waals surface area contributed by atoms with Crippen molar-refractivity contribution in [2.75, 3.05) is 43.6 Å². The van der Waals surface area contributed by atoms with Crippen molar-refractivity contribution >= 4 is 40.9 Å². The number of carbonyl (C=O) groups is 2. The molecule has 0 radical (unpaired) electrons. The maximum absolute atomic E-state index is 12.1. The number of esters is 1. The number of ether oxygens (including phenoxy) is 3. The predicted molar refractivity (Wildman–Crippen MR) is 126 cm³/mol. The Hall–Kier alpha value is -3.19. The van der Waals surface area contributed by atoms with Crippen LogP contribution < -0.4 is 19.7 Å². The van der Waals surface area contributed by atoms with Crippen LogP contribution in [0.3, 0.4) is 0 Å². The number of carbonyl (C=O) groups excluding carboxylic acids is 2. The van der Waals surface area contributed by atoms with Crippen LogP contribution in [0.25, 0.3) is 6.08 Å². The number of nitrogens with zero attached hydrogens (tertiary/aromatic N) is 1. The monoisotopic (exact) mass is 458 g/mol. The van der Waals surface area contributed by atoms with Crippen molar-refractivity contribution in [1.29, 1.82) is 0 Å². The van der Waals surface area contributed by atoms with Crippen LogP contribution in [0, 0.1) is 0 Å². The summed E-state index contributed by atoms with van der Waals surface area (Å²) in [5.41, 5.74) is 2.43. The van der Waals surface area contributed by atoms with Gasteiger partial charge in [-0.15, -0.1) is 0 Å². The molecule has 7 nitrogen and oxygen atoms in total.